The minimum Gasteiger partial charge on any atom is -0.486 e. The van der Waals surface area contributed by atoms with Crippen molar-refractivity contribution in [3.63, 3.8) is 0 Å². The average Bonchev–Trinajstić information content (AvgIpc) is 2.77. The summed E-state index contributed by atoms with van der Waals surface area (Å²) < 4.78 is 11.7. The van der Waals surface area contributed by atoms with E-state index < -0.39 is 0 Å². The molecule has 7 heteroatoms. The van der Waals surface area contributed by atoms with Gasteiger partial charge in [0.2, 0.25) is 0 Å². The van der Waals surface area contributed by atoms with Crippen LogP contribution in [0.1, 0.15) is 26.3 Å². The number of aromatic nitrogens is 1. The van der Waals surface area contributed by atoms with Gasteiger partial charge >= 0.3 is 6.03 Å². The fourth-order valence-corrected chi connectivity index (χ4v) is 3.30. The molecule has 0 fully saturated rings. The topological polar surface area (TPSA) is 66.9 Å². The van der Waals surface area contributed by atoms with Gasteiger partial charge in [0, 0.05) is 32.4 Å². The summed E-state index contributed by atoms with van der Waals surface area (Å²) in [6, 6.07) is 11.5. The van der Waals surface area contributed by atoms with E-state index in [1.165, 1.54) is 0 Å². The fourth-order valence-electron chi connectivity index (χ4n) is 3.30. The predicted octanol–water partition coefficient (Wildman–Crippen LogP) is 3.30. The Morgan fingerprint density at radius 3 is 2.52 bits per heavy atom. The number of para-hydroxylation sites is 2. The van der Waals surface area contributed by atoms with E-state index in [4.69, 9.17) is 9.47 Å². The molecule has 0 bridgehead atoms. The smallest absolute Gasteiger partial charge is 0.317 e. The van der Waals surface area contributed by atoms with Gasteiger partial charge in [-0.3, -0.25) is 0 Å². The lowest BCUT2D eigenvalue weighted by molar-refractivity contribution is 0.0675. The second-order valence-corrected chi connectivity index (χ2v) is 6.89. The van der Waals surface area contributed by atoms with E-state index in [0.717, 1.165) is 36.0 Å². The minimum atomic E-state index is -0.189. The van der Waals surface area contributed by atoms with Crippen molar-refractivity contribution in [3.8, 4) is 11.5 Å². The van der Waals surface area contributed by atoms with Gasteiger partial charge in [0.05, 0.1) is 6.54 Å². The quantitative estimate of drug-likeness (QED) is 0.739. The number of likely N-dealkylation sites (N-methyl/N-ethyl adjacent to an activating group) is 1. The highest BCUT2D eigenvalue weighted by atomic mass is 16.6. The number of nitrogens with zero attached hydrogens (tertiary/aromatic N) is 3. The van der Waals surface area contributed by atoms with Crippen LogP contribution in [0, 0.1) is 0 Å². The Kier molecular flexibility index (Phi) is 7.16. The number of amides is 2. The number of fused-ring (bicyclic) bond motifs is 1. The molecule has 2 heterocycles. The molecule has 1 unspecified atom stereocenters. The largest absolute Gasteiger partial charge is 0.486 e. The number of carbonyl (C=O) groups is 1. The van der Waals surface area contributed by atoms with Crippen molar-refractivity contribution in [3.05, 3.63) is 48.2 Å². The Morgan fingerprint density at radius 1 is 1.10 bits per heavy atom. The summed E-state index contributed by atoms with van der Waals surface area (Å²) in [6.45, 7) is 9.94. The zero-order valence-electron chi connectivity index (χ0n) is 17.4. The van der Waals surface area contributed by atoms with E-state index in [-0.39, 0.29) is 12.1 Å². The van der Waals surface area contributed by atoms with Gasteiger partial charge in [-0.15, -0.1) is 0 Å². The maximum absolute atomic E-state index is 12.6. The number of ether oxygens (including phenoxy) is 2. The lowest BCUT2D eigenvalue weighted by atomic mass is 10.2. The van der Waals surface area contributed by atoms with Crippen molar-refractivity contribution in [1.82, 2.24) is 15.2 Å². The molecule has 1 aromatic heterocycles. The highest BCUT2D eigenvalue weighted by molar-refractivity contribution is 5.74. The summed E-state index contributed by atoms with van der Waals surface area (Å²) >= 11 is 0. The molecule has 1 N–H and O–H groups in total. The summed E-state index contributed by atoms with van der Waals surface area (Å²) in [7, 11) is 0. The van der Waals surface area contributed by atoms with Gasteiger partial charge < -0.3 is 24.6 Å². The van der Waals surface area contributed by atoms with Crippen LogP contribution in [0.25, 0.3) is 0 Å². The normalized spacial score (nSPS) is 14.9. The van der Waals surface area contributed by atoms with Gasteiger partial charge in [0.25, 0.3) is 0 Å². The Bertz CT molecular complexity index is 793. The first-order chi connectivity index (χ1) is 14.1. The van der Waals surface area contributed by atoms with Gasteiger partial charge in [-0.05, 0) is 44.5 Å². The molecule has 0 spiro atoms. The zero-order valence-corrected chi connectivity index (χ0v) is 17.4. The number of rotatable bonds is 8. The van der Waals surface area contributed by atoms with Gasteiger partial charge in [-0.25, -0.2) is 9.78 Å². The van der Waals surface area contributed by atoms with E-state index >= 15 is 0 Å². The molecule has 1 aliphatic rings. The number of pyridine rings is 1. The fraction of sp³-hybridized carbons (Fsp3) is 0.455. The van der Waals surface area contributed by atoms with Crippen molar-refractivity contribution in [2.45, 2.75) is 33.4 Å². The Hall–Kier alpha value is -2.96. The summed E-state index contributed by atoms with van der Waals surface area (Å²) in [6.07, 6.45) is 1.63. The van der Waals surface area contributed by atoms with Gasteiger partial charge in [-0.1, -0.05) is 18.2 Å². The van der Waals surface area contributed by atoms with Gasteiger partial charge in [-0.2, -0.15) is 0 Å². The third-order valence-electron chi connectivity index (χ3n) is 5.00. The van der Waals surface area contributed by atoms with Crippen molar-refractivity contribution < 1.29 is 14.3 Å². The molecule has 156 valence electrons. The van der Waals surface area contributed by atoms with E-state index in [2.05, 4.69) is 29.0 Å². The molecule has 0 radical (unpaired) electrons. The lowest BCUT2D eigenvalue weighted by Crippen LogP contribution is -2.47. The van der Waals surface area contributed by atoms with E-state index in [9.17, 15) is 4.79 Å². The van der Waals surface area contributed by atoms with Crippen LogP contribution < -0.4 is 19.7 Å². The number of hydrogen-bond acceptors (Lipinski definition) is 5. The maximum Gasteiger partial charge on any atom is 0.317 e. The molecular formula is C22H30N4O3. The molecule has 2 aromatic rings. The van der Waals surface area contributed by atoms with Gasteiger partial charge in [0.1, 0.15) is 12.4 Å². The Labute approximate surface area is 172 Å². The summed E-state index contributed by atoms with van der Waals surface area (Å²) in [5.74, 6) is 2.42. The van der Waals surface area contributed by atoms with Crippen LogP contribution in [0.4, 0.5) is 10.6 Å². The summed E-state index contributed by atoms with van der Waals surface area (Å²) in [4.78, 5) is 21.0. The third-order valence-corrected chi connectivity index (χ3v) is 5.00. The molecule has 0 aliphatic carbocycles. The summed E-state index contributed by atoms with van der Waals surface area (Å²) in [5, 5.41) is 2.97. The van der Waals surface area contributed by atoms with Crippen molar-refractivity contribution >= 4 is 11.8 Å². The molecule has 1 atom stereocenters. The van der Waals surface area contributed by atoms with Crippen LogP contribution in [0.15, 0.2) is 42.6 Å². The molecule has 0 saturated heterocycles. The van der Waals surface area contributed by atoms with Crippen molar-refractivity contribution in [2.24, 2.45) is 0 Å². The second-order valence-electron chi connectivity index (χ2n) is 6.89. The first-order valence-electron chi connectivity index (χ1n) is 10.3. The highest BCUT2D eigenvalue weighted by Crippen LogP contribution is 2.31. The monoisotopic (exact) mass is 398 g/mol. The number of carbonyl (C=O) groups excluding carboxylic acids is 1. The average molecular weight is 399 g/mol. The van der Waals surface area contributed by atoms with Crippen LogP contribution in [0.5, 0.6) is 11.5 Å². The summed E-state index contributed by atoms with van der Waals surface area (Å²) in [5.41, 5.74) is 0.969. The third kappa shape index (κ3) is 5.31. The molecule has 0 saturated carbocycles. The van der Waals surface area contributed by atoms with Gasteiger partial charge in [0.15, 0.2) is 17.6 Å². The molecule has 3 rings (SSSR count). The van der Waals surface area contributed by atoms with Crippen LogP contribution in [0.3, 0.4) is 0 Å². The number of nitrogens with one attached hydrogen (secondary N) is 1. The molecule has 2 amide bonds. The number of benzene rings is 1. The van der Waals surface area contributed by atoms with Crippen molar-refractivity contribution in [2.75, 3.05) is 37.7 Å². The lowest BCUT2D eigenvalue weighted by Gasteiger charge is -2.31. The number of hydrogen-bond donors (Lipinski definition) is 1. The van der Waals surface area contributed by atoms with Crippen LogP contribution in [0.2, 0.25) is 0 Å². The van der Waals surface area contributed by atoms with Crippen LogP contribution >= 0.6 is 0 Å². The molecular weight excluding hydrogens is 368 g/mol. The van der Waals surface area contributed by atoms with Crippen LogP contribution in [-0.4, -0.2) is 54.8 Å². The molecule has 29 heavy (non-hydrogen) atoms. The van der Waals surface area contributed by atoms with Crippen molar-refractivity contribution in [1.29, 1.82) is 0 Å². The minimum absolute atomic E-state index is 0.122. The molecule has 1 aliphatic heterocycles. The maximum atomic E-state index is 12.6. The standard InChI is InChI=1S/C22H30N4O3/c1-4-25(5-2)21-12-11-17(13-23-21)14-24-22(27)26(6-3)15-18-16-28-19-9-7-8-10-20(19)29-18/h7-13,18H,4-6,14-16H2,1-3H3,(H,24,27). The molecule has 7 nitrogen and oxygen atoms in total. The first kappa shape index (κ1) is 20.8. The molecule has 1 aromatic carbocycles. The SMILES string of the molecule is CCN(CC1COc2ccccc2O1)C(=O)NCc1ccc(N(CC)CC)nc1. The number of anilines is 1. The number of urea groups is 1. The Morgan fingerprint density at radius 2 is 1.86 bits per heavy atom. The van der Waals surface area contributed by atoms with E-state index in [1.54, 1.807) is 4.90 Å². The zero-order chi connectivity index (χ0) is 20.6. The highest BCUT2D eigenvalue weighted by Gasteiger charge is 2.24. The predicted molar refractivity (Wildman–Crippen MR) is 114 cm³/mol. The second kappa shape index (κ2) is 10.0. The van der Waals surface area contributed by atoms with Crippen LogP contribution in [-0.2, 0) is 6.54 Å². The van der Waals surface area contributed by atoms with E-state index in [0.29, 0.717) is 26.2 Å². The Balaban J connectivity index is 1.51. The first-order valence-corrected chi connectivity index (χ1v) is 10.3. The van der Waals surface area contributed by atoms with E-state index in [1.807, 2.05) is 49.5 Å².